The van der Waals surface area contributed by atoms with Gasteiger partial charge in [-0.3, -0.25) is 4.79 Å². The lowest BCUT2D eigenvalue weighted by Crippen LogP contribution is -2.37. The predicted molar refractivity (Wildman–Crippen MR) is 78.6 cm³/mol. The summed E-state index contributed by atoms with van der Waals surface area (Å²) in [4.78, 5) is 12.3. The van der Waals surface area contributed by atoms with Crippen LogP contribution in [0.3, 0.4) is 0 Å². The van der Waals surface area contributed by atoms with Crippen LogP contribution in [-0.4, -0.2) is 27.0 Å². The van der Waals surface area contributed by atoms with Gasteiger partial charge in [-0.15, -0.1) is 0 Å². The average Bonchev–Trinajstić information content (AvgIpc) is 2.44. The maximum absolute atomic E-state index is 12.3. The molecule has 0 bridgehead atoms. The van der Waals surface area contributed by atoms with Gasteiger partial charge in [0.15, 0.2) is 0 Å². The second-order valence-corrected chi connectivity index (χ2v) is 6.81. The van der Waals surface area contributed by atoms with Crippen molar-refractivity contribution in [2.75, 3.05) is 6.61 Å². The first-order chi connectivity index (χ1) is 9.82. The van der Waals surface area contributed by atoms with Crippen LogP contribution in [0.5, 0.6) is 5.75 Å². The molecule has 0 spiro atoms. The molecule has 1 amide bonds. The van der Waals surface area contributed by atoms with Crippen LogP contribution in [0.4, 0.5) is 0 Å². The number of fused-ring (bicyclic) bond motifs is 1. The summed E-state index contributed by atoms with van der Waals surface area (Å²) in [6.07, 6.45) is 1.35. The van der Waals surface area contributed by atoms with E-state index in [1.807, 2.05) is 13.8 Å². The summed E-state index contributed by atoms with van der Waals surface area (Å²) in [5, 5.41) is 8.07. The minimum Gasteiger partial charge on any atom is -0.493 e. The van der Waals surface area contributed by atoms with Crippen molar-refractivity contribution in [2.45, 2.75) is 43.5 Å². The summed E-state index contributed by atoms with van der Waals surface area (Å²) in [6, 6.07) is 4.45. The molecule has 0 fully saturated rings. The highest BCUT2D eigenvalue weighted by Gasteiger charge is 2.29. The Morgan fingerprint density at radius 3 is 2.86 bits per heavy atom. The Labute approximate surface area is 124 Å². The third kappa shape index (κ3) is 3.54. The second-order valence-electron chi connectivity index (χ2n) is 5.25. The molecule has 3 N–H and O–H groups in total. The summed E-state index contributed by atoms with van der Waals surface area (Å²) < 4.78 is 28.4. The molecule has 1 aromatic carbocycles. The first-order valence-corrected chi connectivity index (χ1v) is 8.47. The zero-order valence-electron chi connectivity index (χ0n) is 12.1. The zero-order chi connectivity index (χ0) is 15.6. The van der Waals surface area contributed by atoms with Crippen molar-refractivity contribution in [2.24, 2.45) is 5.14 Å². The number of hydrogen-bond acceptors (Lipinski definition) is 4. The number of benzene rings is 1. The van der Waals surface area contributed by atoms with Gasteiger partial charge >= 0.3 is 0 Å². The number of nitrogens with two attached hydrogens (primary N) is 1. The van der Waals surface area contributed by atoms with E-state index in [1.165, 1.54) is 12.1 Å². The van der Waals surface area contributed by atoms with Crippen molar-refractivity contribution in [3.63, 3.8) is 0 Å². The Balaban J connectivity index is 2.35. The first-order valence-electron chi connectivity index (χ1n) is 6.93. The van der Waals surface area contributed by atoms with Crippen molar-refractivity contribution in [1.82, 2.24) is 5.32 Å². The van der Waals surface area contributed by atoms with Gasteiger partial charge in [0.1, 0.15) is 5.75 Å². The monoisotopic (exact) mass is 312 g/mol. The van der Waals surface area contributed by atoms with Gasteiger partial charge in [0, 0.05) is 11.6 Å². The molecule has 7 heteroatoms. The van der Waals surface area contributed by atoms with E-state index in [2.05, 4.69) is 5.32 Å². The van der Waals surface area contributed by atoms with E-state index in [9.17, 15) is 13.2 Å². The molecule has 1 heterocycles. The van der Waals surface area contributed by atoms with E-state index >= 15 is 0 Å². The molecule has 2 unspecified atom stereocenters. The van der Waals surface area contributed by atoms with Gasteiger partial charge in [-0.25, -0.2) is 13.6 Å². The number of nitrogens with one attached hydrogen (secondary N) is 1. The minimum absolute atomic E-state index is 0.00640. The molecule has 2 atom stereocenters. The maximum atomic E-state index is 12.3. The Kier molecular flexibility index (Phi) is 4.53. The Morgan fingerprint density at radius 2 is 2.24 bits per heavy atom. The van der Waals surface area contributed by atoms with E-state index < -0.39 is 15.9 Å². The molecule has 1 aromatic rings. The van der Waals surface area contributed by atoms with Crippen molar-refractivity contribution in [3.05, 3.63) is 23.8 Å². The van der Waals surface area contributed by atoms with E-state index in [4.69, 9.17) is 9.88 Å². The molecular weight excluding hydrogens is 292 g/mol. The lowest BCUT2D eigenvalue weighted by Gasteiger charge is -2.26. The molecule has 2 rings (SSSR count). The maximum Gasteiger partial charge on any atom is 0.238 e. The highest BCUT2D eigenvalue weighted by atomic mass is 32.2. The van der Waals surface area contributed by atoms with E-state index in [-0.39, 0.29) is 16.8 Å². The summed E-state index contributed by atoms with van der Waals surface area (Å²) in [5.74, 6) is 0.0165. The number of carbonyl (C=O) groups is 1. The molecule has 0 saturated heterocycles. The summed E-state index contributed by atoms with van der Waals surface area (Å²) >= 11 is 0. The molecule has 6 nitrogen and oxygen atoms in total. The van der Waals surface area contributed by atoms with Crippen LogP contribution in [0.2, 0.25) is 0 Å². The number of carbonyl (C=O) groups excluding carboxylic acids is 1. The van der Waals surface area contributed by atoms with Gasteiger partial charge in [-0.2, -0.15) is 0 Å². The van der Waals surface area contributed by atoms with Crippen LogP contribution in [-0.2, 0) is 14.8 Å². The number of sulfonamides is 1. The molecule has 116 valence electrons. The lowest BCUT2D eigenvalue weighted by atomic mass is 9.92. The van der Waals surface area contributed by atoms with Crippen molar-refractivity contribution >= 4 is 15.9 Å². The van der Waals surface area contributed by atoms with Crippen LogP contribution in [0.15, 0.2) is 23.1 Å². The molecule has 0 saturated carbocycles. The van der Waals surface area contributed by atoms with E-state index in [0.29, 0.717) is 24.3 Å². The first kappa shape index (κ1) is 15.8. The average molecular weight is 312 g/mol. The highest BCUT2D eigenvalue weighted by molar-refractivity contribution is 7.89. The summed E-state index contributed by atoms with van der Waals surface area (Å²) in [5.41, 5.74) is 0.577. The van der Waals surface area contributed by atoms with Gasteiger partial charge in [-0.1, -0.05) is 6.92 Å². The van der Waals surface area contributed by atoms with Gasteiger partial charge < -0.3 is 10.1 Å². The lowest BCUT2D eigenvalue weighted by molar-refractivity contribution is -0.123. The van der Waals surface area contributed by atoms with Gasteiger partial charge in [0.05, 0.1) is 17.4 Å². The Hall–Kier alpha value is -1.60. The Morgan fingerprint density at radius 1 is 1.52 bits per heavy atom. The summed E-state index contributed by atoms with van der Waals surface area (Å²) in [6.45, 7) is 4.35. The fourth-order valence-corrected chi connectivity index (χ4v) is 2.82. The third-order valence-corrected chi connectivity index (χ3v) is 4.58. The molecule has 1 aliphatic heterocycles. The van der Waals surface area contributed by atoms with Crippen molar-refractivity contribution in [3.8, 4) is 5.75 Å². The highest BCUT2D eigenvalue weighted by Crippen LogP contribution is 2.35. The molecule has 21 heavy (non-hydrogen) atoms. The van der Waals surface area contributed by atoms with Gasteiger partial charge in [0.2, 0.25) is 15.9 Å². The largest absolute Gasteiger partial charge is 0.493 e. The third-order valence-electron chi connectivity index (χ3n) is 3.67. The van der Waals surface area contributed by atoms with Crippen LogP contribution in [0.1, 0.15) is 38.2 Å². The van der Waals surface area contributed by atoms with Crippen LogP contribution in [0.25, 0.3) is 0 Å². The number of primary sulfonamides is 1. The van der Waals surface area contributed by atoms with Crippen LogP contribution < -0.4 is 15.2 Å². The molecular formula is C14H20N2O4S. The Bertz CT molecular complexity index is 642. The van der Waals surface area contributed by atoms with Crippen molar-refractivity contribution < 1.29 is 17.9 Å². The van der Waals surface area contributed by atoms with Gasteiger partial charge in [0.25, 0.3) is 0 Å². The minimum atomic E-state index is -3.80. The molecule has 0 radical (unpaired) electrons. The number of rotatable bonds is 4. The second kappa shape index (κ2) is 6.03. The molecule has 0 aliphatic carbocycles. The standard InChI is InChI=1S/C14H20N2O4S/c1-3-9(2)16-14(17)11-6-7-20-13-5-4-10(8-12(11)13)21(15,18)19/h4-5,8-9,11H,3,6-7H2,1-2H3,(H,16,17)(H2,15,18,19). The fourth-order valence-electron chi connectivity index (χ4n) is 2.27. The normalized spacial score (nSPS) is 19.3. The number of hydrogen-bond donors (Lipinski definition) is 2. The predicted octanol–water partition coefficient (Wildman–Crippen LogP) is 1.11. The quantitative estimate of drug-likeness (QED) is 0.870. The van der Waals surface area contributed by atoms with Crippen LogP contribution in [0, 0.1) is 0 Å². The van der Waals surface area contributed by atoms with Crippen molar-refractivity contribution in [1.29, 1.82) is 0 Å². The smallest absolute Gasteiger partial charge is 0.238 e. The van der Waals surface area contributed by atoms with E-state index in [1.54, 1.807) is 6.07 Å². The number of amides is 1. The molecule has 1 aliphatic rings. The van der Waals surface area contributed by atoms with Crippen LogP contribution >= 0.6 is 0 Å². The van der Waals surface area contributed by atoms with Gasteiger partial charge in [-0.05, 0) is 38.0 Å². The van der Waals surface area contributed by atoms with E-state index in [0.717, 1.165) is 6.42 Å². The SMILES string of the molecule is CCC(C)NC(=O)C1CCOc2ccc(S(N)(=O)=O)cc21. The fraction of sp³-hybridized carbons (Fsp3) is 0.500. The number of ether oxygens (including phenoxy) is 1. The zero-order valence-corrected chi connectivity index (χ0v) is 12.9. The summed E-state index contributed by atoms with van der Waals surface area (Å²) in [7, 11) is -3.80. The topological polar surface area (TPSA) is 98.5 Å². The molecule has 0 aromatic heterocycles.